The maximum atomic E-state index is 5.11. The van der Waals surface area contributed by atoms with E-state index in [0.717, 1.165) is 42.1 Å². The van der Waals surface area contributed by atoms with Crippen LogP contribution in [-0.2, 0) is 12.8 Å². The van der Waals surface area contributed by atoms with Crippen molar-refractivity contribution in [2.75, 3.05) is 0 Å². The highest BCUT2D eigenvalue weighted by atomic mass is 14.8. The van der Waals surface area contributed by atoms with Crippen LogP contribution in [0.15, 0.2) is 58.5 Å². The number of hydrogen-bond donors (Lipinski definition) is 0. The van der Waals surface area contributed by atoms with E-state index in [9.17, 15) is 0 Å². The summed E-state index contributed by atoms with van der Waals surface area (Å²) < 4.78 is 0. The maximum Gasteiger partial charge on any atom is 0.0633 e. The van der Waals surface area contributed by atoms with Crippen LogP contribution in [0.2, 0.25) is 0 Å². The molecule has 0 aliphatic carbocycles. The van der Waals surface area contributed by atoms with Crippen LogP contribution in [0.5, 0.6) is 0 Å². The third-order valence-electron chi connectivity index (χ3n) is 10.8. The highest BCUT2D eigenvalue weighted by Gasteiger charge is 2.06. The first-order chi connectivity index (χ1) is 25.2. The fourth-order valence-corrected chi connectivity index (χ4v) is 7.24. The summed E-state index contributed by atoms with van der Waals surface area (Å²) in [7, 11) is 0. The molecule has 0 aliphatic rings. The Kier molecular flexibility index (Phi) is 28.6. The predicted molar refractivity (Wildman–Crippen MR) is 231 cm³/mol. The van der Waals surface area contributed by atoms with E-state index in [2.05, 4.69) is 76.2 Å². The standard InChI is InChI=1S/C49H82N2/c1-5-8-11-13-15-17-19-21-23-25-27-29-31-33-45-36-40-47(41-37-45)50-44(4)49(35-10-7-3)51-48-42-38-46(39-43-48)34-32-30-28-26-24-22-20-18-16-14-12-9-6-2/h36-43H,5-35H2,1-4H3. The lowest BCUT2D eigenvalue weighted by molar-refractivity contribution is 0.539. The minimum absolute atomic E-state index is 0.976. The van der Waals surface area contributed by atoms with E-state index in [1.165, 1.54) is 191 Å². The molecule has 2 heteroatoms. The molecule has 0 amide bonds. The summed E-state index contributed by atoms with van der Waals surface area (Å²) in [6.45, 7) is 8.99. The number of nitrogens with zero attached hydrogens (tertiary/aromatic N) is 2. The zero-order chi connectivity index (χ0) is 36.5. The van der Waals surface area contributed by atoms with Crippen molar-refractivity contribution in [3.63, 3.8) is 0 Å². The van der Waals surface area contributed by atoms with E-state index in [0.29, 0.717) is 0 Å². The van der Waals surface area contributed by atoms with Crippen LogP contribution in [0.4, 0.5) is 11.4 Å². The molecule has 2 nitrogen and oxygen atoms in total. The lowest BCUT2D eigenvalue weighted by Gasteiger charge is -2.08. The van der Waals surface area contributed by atoms with Crippen molar-refractivity contribution in [1.82, 2.24) is 0 Å². The summed E-state index contributed by atoms with van der Waals surface area (Å²) in [4.78, 5) is 10.1. The minimum atomic E-state index is 0.976. The molecule has 2 aromatic rings. The molecular weight excluding hydrogens is 617 g/mol. The molecule has 0 atom stereocenters. The van der Waals surface area contributed by atoms with Crippen molar-refractivity contribution in [3.8, 4) is 0 Å². The Morgan fingerprint density at radius 1 is 0.353 bits per heavy atom. The highest BCUT2D eigenvalue weighted by Crippen LogP contribution is 2.21. The Morgan fingerprint density at radius 2 is 0.647 bits per heavy atom. The number of rotatable bonds is 34. The van der Waals surface area contributed by atoms with Gasteiger partial charge in [-0.3, -0.25) is 9.98 Å². The van der Waals surface area contributed by atoms with Gasteiger partial charge in [-0.1, -0.05) is 206 Å². The number of aliphatic imine (C=N–C) groups is 2. The normalized spacial score (nSPS) is 12.2. The molecule has 0 heterocycles. The molecule has 2 aromatic carbocycles. The van der Waals surface area contributed by atoms with Crippen LogP contribution in [0.1, 0.15) is 225 Å². The third kappa shape index (κ3) is 24.6. The maximum absolute atomic E-state index is 5.11. The minimum Gasteiger partial charge on any atom is -0.252 e. The van der Waals surface area contributed by atoms with Crippen LogP contribution >= 0.6 is 0 Å². The van der Waals surface area contributed by atoms with Crippen molar-refractivity contribution in [1.29, 1.82) is 0 Å². The van der Waals surface area contributed by atoms with Crippen LogP contribution < -0.4 is 0 Å². The average Bonchev–Trinajstić information content (AvgIpc) is 3.15. The Hall–Kier alpha value is -2.22. The molecule has 0 N–H and O–H groups in total. The van der Waals surface area contributed by atoms with Gasteiger partial charge in [0, 0.05) is 0 Å². The van der Waals surface area contributed by atoms with Gasteiger partial charge in [-0.25, -0.2) is 0 Å². The van der Waals surface area contributed by atoms with Crippen LogP contribution in [0, 0.1) is 0 Å². The van der Waals surface area contributed by atoms with Crippen molar-refractivity contribution in [2.24, 2.45) is 9.98 Å². The summed E-state index contributed by atoms with van der Waals surface area (Å²) in [5.74, 6) is 0. The van der Waals surface area contributed by atoms with Crippen molar-refractivity contribution >= 4 is 22.8 Å². The van der Waals surface area contributed by atoms with Gasteiger partial charge in [0.05, 0.1) is 22.8 Å². The first kappa shape index (κ1) is 44.9. The molecule has 0 radical (unpaired) electrons. The van der Waals surface area contributed by atoms with E-state index in [1.807, 2.05) is 0 Å². The molecule has 51 heavy (non-hydrogen) atoms. The Balaban J connectivity index is 1.66. The number of unbranched alkanes of at least 4 members (excludes halogenated alkanes) is 25. The van der Waals surface area contributed by atoms with Gasteiger partial charge in [0.1, 0.15) is 0 Å². The summed E-state index contributed by atoms with van der Waals surface area (Å²) in [6.07, 6.45) is 42.3. The fraction of sp³-hybridized carbons (Fsp3) is 0.714. The van der Waals surface area contributed by atoms with Gasteiger partial charge < -0.3 is 0 Å². The van der Waals surface area contributed by atoms with Gasteiger partial charge in [0.25, 0.3) is 0 Å². The predicted octanol–water partition coefficient (Wildman–Crippen LogP) is 17.0. The summed E-state index contributed by atoms with van der Waals surface area (Å²) in [5.41, 5.74) is 7.14. The van der Waals surface area contributed by atoms with E-state index >= 15 is 0 Å². The summed E-state index contributed by atoms with van der Waals surface area (Å²) in [5, 5.41) is 0. The lowest BCUT2D eigenvalue weighted by atomic mass is 10.0. The molecule has 0 spiro atoms. The molecule has 0 unspecified atom stereocenters. The van der Waals surface area contributed by atoms with Gasteiger partial charge in [0.15, 0.2) is 0 Å². The second-order valence-electron chi connectivity index (χ2n) is 15.7. The molecule has 0 saturated carbocycles. The third-order valence-corrected chi connectivity index (χ3v) is 10.8. The Bertz CT molecular complexity index is 1110. The van der Waals surface area contributed by atoms with E-state index in [4.69, 9.17) is 9.98 Å². The van der Waals surface area contributed by atoms with Gasteiger partial charge >= 0.3 is 0 Å². The fourth-order valence-electron chi connectivity index (χ4n) is 7.24. The molecule has 0 aliphatic heterocycles. The number of hydrogen-bond acceptors (Lipinski definition) is 2. The molecule has 288 valence electrons. The lowest BCUT2D eigenvalue weighted by Crippen LogP contribution is -2.10. The van der Waals surface area contributed by atoms with Crippen molar-refractivity contribution in [2.45, 2.75) is 227 Å². The smallest absolute Gasteiger partial charge is 0.0633 e. The van der Waals surface area contributed by atoms with Crippen molar-refractivity contribution in [3.05, 3.63) is 59.7 Å². The average molecular weight is 699 g/mol. The quantitative estimate of drug-likeness (QED) is 0.0513. The van der Waals surface area contributed by atoms with Crippen LogP contribution in [0.25, 0.3) is 0 Å². The largest absolute Gasteiger partial charge is 0.252 e. The topological polar surface area (TPSA) is 24.7 Å². The second-order valence-corrected chi connectivity index (χ2v) is 15.7. The summed E-state index contributed by atoms with van der Waals surface area (Å²) >= 11 is 0. The van der Waals surface area contributed by atoms with Gasteiger partial charge in [-0.15, -0.1) is 0 Å². The monoisotopic (exact) mass is 699 g/mol. The zero-order valence-electron chi connectivity index (χ0n) is 34.4. The molecule has 0 saturated heterocycles. The number of aryl methyl sites for hydroxylation is 2. The van der Waals surface area contributed by atoms with Crippen LogP contribution in [0.3, 0.4) is 0 Å². The summed E-state index contributed by atoms with van der Waals surface area (Å²) in [6, 6.07) is 18.0. The first-order valence-electron chi connectivity index (χ1n) is 22.5. The van der Waals surface area contributed by atoms with E-state index in [1.54, 1.807) is 0 Å². The Morgan fingerprint density at radius 3 is 0.980 bits per heavy atom. The highest BCUT2D eigenvalue weighted by molar-refractivity contribution is 6.42. The number of benzene rings is 2. The SMILES string of the molecule is CCCCCCCCCCCCCCCc1ccc(N=C(C)C(CCCC)=Nc2ccc(CCCCCCCCCCCCCCC)cc2)cc1. The van der Waals surface area contributed by atoms with E-state index in [-0.39, 0.29) is 0 Å². The first-order valence-corrected chi connectivity index (χ1v) is 22.5. The van der Waals surface area contributed by atoms with Gasteiger partial charge in [-0.2, -0.15) is 0 Å². The molecule has 0 bridgehead atoms. The Labute approximate surface area is 318 Å². The van der Waals surface area contributed by atoms with Crippen LogP contribution in [-0.4, -0.2) is 11.4 Å². The molecule has 2 rings (SSSR count). The zero-order valence-corrected chi connectivity index (χ0v) is 34.4. The second kappa shape index (κ2) is 32.4. The molecular formula is C49H82N2. The van der Waals surface area contributed by atoms with Gasteiger partial charge in [0.2, 0.25) is 0 Å². The molecule has 0 aromatic heterocycles. The molecule has 0 fully saturated rings. The van der Waals surface area contributed by atoms with Crippen molar-refractivity contribution < 1.29 is 0 Å². The van der Waals surface area contributed by atoms with Gasteiger partial charge in [-0.05, 0) is 80.8 Å². The van der Waals surface area contributed by atoms with E-state index < -0.39 is 0 Å².